The Morgan fingerprint density at radius 1 is 1.39 bits per heavy atom. The zero-order valence-electron chi connectivity index (χ0n) is 10.6. The van der Waals surface area contributed by atoms with E-state index >= 15 is 0 Å². The summed E-state index contributed by atoms with van der Waals surface area (Å²) >= 11 is 9.62. The average molecular weight is 333 g/mol. The molecule has 0 bridgehead atoms. The molecule has 1 aromatic rings. The van der Waals surface area contributed by atoms with Crippen molar-refractivity contribution in [2.24, 2.45) is 5.92 Å². The summed E-state index contributed by atoms with van der Waals surface area (Å²) in [5, 5.41) is 4.18. The SMILES string of the molecule is CNC(CC1CCOCC1)c1cc(Cl)cc(Br)c1. The Morgan fingerprint density at radius 3 is 2.72 bits per heavy atom. The minimum absolute atomic E-state index is 0.364. The van der Waals surface area contributed by atoms with Crippen LogP contribution in [0.4, 0.5) is 0 Å². The molecule has 1 atom stereocenters. The fourth-order valence-corrected chi connectivity index (χ4v) is 3.40. The third-order valence-corrected chi connectivity index (χ3v) is 4.22. The van der Waals surface area contributed by atoms with Gasteiger partial charge in [0.15, 0.2) is 0 Å². The van der Waals surface area contributed by atoms with Gasteiger partial charge in [0.1, 0.15) is 0 Å². The summed E-state index contributed by atoms with van der Waals surface area (Å²) in [4.78, 5) is 0. The lowest BCUT2D eigenvalue weighted by Gasteiger charge is -2.27. The summed E-state index contributed by atoms with van der Waals surface area (Å²) in [6.45, 7) is 1.81. The highest BCUT2D eigenvalue weighted by Crippen LogP contribution is 2.30. The Bertz CT molecular complexity index is 373. The van der Waals surface area contributed by atoms with E-state index in [0.717, 1.165) is 35.0 Å². The number of ether oxygens (including phenoxy) is 1. The van der Waals surface area contributed by atoms with Crippen LogP contribution in [0.15, 0.2) is 22.7 Å². The van der Waals surface area contributed by atoms with E-state index < -0.39 is 0 Å². The van der Waals surface area contributed by atoms with Crippen LogP contribution in [0.3, 0.4) is 0 Å². The van der Waals surface area contributed by atoms with Gasteiger partial charge in [0, 0.05) is 28.8 Å². The topological polar surface area (TPSA) is 21.3 Å². The average Bonchev–Trinajstić information content (AvgIpc) is 2.36. The summed E-state index contributed by atoms with van der Waals surface area (Å²) in [5.74, 6) is 0.744. The van der Waals surface area contributed by atoms with E-state index in [1.807, 2.05) is 19.2 Å². The van der Waals surface area contributed by atoms with Crippen LogP contribution in [0.2, 0.25) is 5.02 Å². The van der Waals surface area contributed by atoms with Gasteiger partial charge in [0.25, 0.3) is 0 Å². The Kier molecular flexibility index (Phi) is 5.49. The van der Waals surface area contributed by atoms with E-state index in [2.05, 4.69) is 27.3 Å². The summed E-state index contributed by atoms with van der Waals surface area (Å²) in [6.07, 6.45) is 3.48. The Labute approximate surface area is 122 Å². The number of halogens is 2. The second-order valence-electron chi connectivity index (χ2n) is 4.84. The first-order valence-electron chi connectivity index (χ1n) is 6.40. The first-order valence-corrected chi connectivity index (χ1v) is 7.57. The van der Waals surface area contributed by atoms with Gasteiger partial charge in [-0.25, -0.2) is 0 Å². The van der Waals surface area contributed by atoms with Gasteiger partial charge in [-0.15, -0.1) is 0 Å². The van der Waals surface area contributed by atoms with Crippen molar-refractivity contribution < 1.29 is 4.74 Å². The van der Waals surface area contributed by atoms with Gasteiger partial charge >= 0.3 is 0 Å². The quantitative estimate of drug-likeness (QED) is 0.893. The fourth-order valence-electron chi connectivity index (χ4n) is 2.51. The van der Waals surface area contributed by atoms with Crippen LogP contribution in [0.5, 0.6) is 0 Å². The van der Waals surface area contributed by atoms with Crippen LogP contribution in [0.25, 0.3) is 0 Å². The van der Waals surface area contributed by atoms with E-state index in [9.17, 15) is 0 Å². The lowest BCUT2D eigenvalue weighted by Crippen LogP contribution is -2.24. The molecule has 0 aromatic heterocycles. The molecule has 0 spiro atoms. The molecule has 4 heteroatoms. The third kappa shape index (κ3) is 3.95. The minimum atomic E-state index is 0.364. The monoisotopic (exact) mass is 331 g/mol. The maximum atomic E-state index is 6.12. The molecular formula is C14H19BrClNO. The second-order valence-corrected chi connectivity index (χ2v) is 6.19. The van der Waals surface area contributed by atoms with Crippen molar-refractivity contribution in [2.75, 3.05) is 20.3 Å². The molecule has 0 radical (unpaired) electrons. The molecule has 1 aliphatic rings. The number of hydrogen-bond acceptors (Lipinski definition) is 2. The lowest BCUT2D eigenvalue weighted by molar-refractivity contribution is 0.0608. The van der Waals surface area contributed by atoms with Crippen LogP contribution in [-0.2, 0) is 4.74 Å². The number of nitrogens with one attached hydrogen (secondary N) is 1. The van der Waals surface area contributed by atoms with E-state index in [1.165, 1.54) is 18.4 Å². The molecule has 1 aliphatic heterocycles. The first kappa shape index (κ1) is 14.3. The number of hydrogen-bond donors (Lipinski definition) is 1. The van der Waals surface area contributed by atoms with Crippen LogP contribution in [0, 0.1) is 5.92 Å². The molecular weight excluding hydrogens is 314 g/mol. The minimum Gasteiger partial charge on any atom is -0.381 e. The lowest BCUT2D eigenvalue weighted by atomic mass is 9.89. The molecule has 100 valence electrons. The molecule has 1 fully saturated rings. The Hall–Kier alpha value is -0.0900. The normalized spacial score (nSPS) is 18.8. The maximum Gasteiger partial charge on any atom is 0.0468 e. The Morgan fingerprint density at radius 2 is 2.11 bits per heavy atom. The summed E-state index contributed by atoms with van der Waals surface area (Å²) in [5.41, 5.74) is 1.25. The first-order chi connectivity index (χ1) is 8.69. The molecule has 1 N–H and O–H groups in total. The smallest absolute Gasteiger partial charge is 0.0468 e. The van der Waals surface area contributed by atoms with Crippen molar-refractivity contribution in [3.63, 3.8) is 0 Å². The maximum absolute atomic E-state index is 6.12. The van der Waals surface area contributed by atoms with E-state index in [0.29, 0.717) is 6.04 Å². The highest BCUT2D eigenvalue weighted by Gasteiger charge is 2.20. The van der Waals surface area contributed by atoms with Crippen LogP contribution in [-0.4, -0.2) is 20.3 Å². The zero-order valence-corrected chi connectivity index (χ0v) is 12.9. The summed E-state index contributed by atoms with van der Waals surface area (Å²) in [6, 6.07) is 6.48. The predicted octanol–water partition coefficient (Wildman–Crippen LogP) is 4.18. The molecule has 1 saturated heterocycles. The zero-order chi connectivity index (χ0) is 13.0. The molecule has 2 rings (SSSR count). The van der Waals surface area contributed by atoms with Crippen molar-refractivity contribution in [1.82, 2.24) is 5.32 Å². The second kappa shape index (κ2) is 6.90. The van der Waals surface area contributed by atoms with Gasteiger partial charge in [-0.3, -0.25) is 0 Å². The standard InChI is InChI=1S/C14H19BrClNO/c1-17-14(6-10-2-4-18-5-3-10)11-7-12(15)9-13(16)8-11/h7-10,14,17H,2-6H2,1H3. The van der Waals surface area contributed by atoms with Crippen molar-refractivity contribution in [1.29, 1.82) is 0 Å². The van der Waals surface area contributed by atoms with E-state index in [-0.39, 0.29) is 0 Å². The van der Waals surface area contributed by atoms with Gasteiger partial charge in [0.05, 0.1) is 0 Å². The molecule has 0 saturated carbocycles. The van der Waals surface area contributed by atoms with E-state index in [1.54, 1.807) is 0 Å². The van der Waals surface area contributed by atoms with Gasteiger partial charge in [0.2, 0.25) is 0 Å². The van der Waals surface area contributed by atoms with Gasteiger partial charge in [-0.05, 0) is 56.0 Å². The molecule has 1 aromatic carbocycles. The largest absolute Gasteiger partial charge is 0.381 e. The molecule has 2 nitrogen and oxygen atoms in total. The van der Waals surface area contributed by atoms with Gasteiger partial charge < -0.3 is 10.1 Å². The Balaban J connectivity index is 2.06. The third-order valence-electron chi connectivity index (χ3n) is 3.55. The fraction of sp³-hybridized carbons (Fsp3) is 0.571. The van der Waals surface area contributed by atoms with Crippen molar-refractivity contribution >= 4 is 27.5 Å². The number of benzene rings is 1. The van der Waals surface area contributed by atoms with Crippen LogP contribution in [0.1, 0.15) is 30.9 Å². The van der Waals surface area contributed by atoms with Crippen molar-refractivity contribution in [3.05, 3.63) is 33.3 Å². The predicted molar refractivity (Wildman–Crippen MR) is 79.1 cm³/mol. The summed E-state index contributed by atoms with van der Waals surface area (Å²) in [7, 11) is 2.01. The van der Waals surface area contributed by atoms with Crippen LogP contribution < -0.4 is 5.32 Å². The molecule has 1 heterocycles. The van der Waals surface area contributed by atoms with E-state index in [4.69, 9.17) is 16.3 Å². The highest BCUT2D eigenvalue weighted by molar-refractivity contribution is 9.10. The van der Waals surface area contributed by atoms with Gasteiger partial charge in [-0.1, -0.05) is 27.5 Å². The summed E-state index contributed by atoms with van der Waals surface area (Å²) < 4.78 is 6.45. The van der Waals surface area contributed by atoms with Gasteiger partial charge in [-0.2, -0.15) is 0 Å². The van der Waals surface area contributed by atoms with Crippen LogP contribution >= 0.6 is 27.5 Å². The molecule has 18 heavy (non-hydrogen) atoms. The molecule has 0 amide bonds. The molecule has 1 unspecified atom stereocenters. The van der Waals surface area contributed by atoms with Crippen molar-refractivity contribution in [3.8, 4) is 0 Å². The number of rotatable bonds is 4. The highest BCUT2D eigenvalue weighted by atomic mass is 79.9. The molecule has 0 aliphatic carbocycles. The van der Waals surface area contributed by atoms with Crippen molar-refractivity contribution in [2.45, 2.75) is 25.3 Å².